The van der Waals surface area contributed by atoms with Crippen LogP contribution in [0.15, 0.2) is 4.99 Å². The Balaban J connectivity index is 0.00000576. The molecule has 148 valence electrons. The summed E-state index contributed by atoms with van der Waals surface area (Å²) in [5.74, 6) is 1.24. The molecule has 1 aliphatic rings. The van der Waals surface area contributed by atoms with Crippen LogP contribution in [0.2, 0.25) is 0 Å². The molecule has 0 unspecified atom stereocenters. The van der Waals surface area contributed by atoms with E-state index in [1.807, 2.05) is 6.92 Å². The van der Waals surface area contributed by atoms with Gasteiger partial charge in [-0.05, 0) is 39.5 Å². The zero-order chi connectivity index (χ0) is 18.4. The highest BCUT2D eigenvalue weighted by Crippen LogP contribution is 2.21. The van der Waals surface area contributed by atoms with E-state index in [2.05, 4.69) is 20.5 Å². The van der Waals surface area contributed by atoms with Gasteiger partial charge in [-0.1, -0.05) is 0 Å². The third-order valence-electron chi connectivity index (χ3n) is 4.62. The fraction of sp³-hybridized carbons (Fsp3) is 0.875. The van der Waals surface area contributed by atoms with Gasteiger partial charge >= 0.3 is 0 Å². The van der Waals surface area contributed by atoms with Gasteiger partial charge in [0.2, 0.25) is 5.91 Å². The molecule has 7 nitrogen and oxygen atoms in total. The predicted molar refractivity (Wildman–Crippen MR) is 113 cm³/mol. The van der Waals surface area contributed by atoms with Crippen molar-refractivity contribution in [2.75, 3.05) is 39.5 Å². The Kier molecular flexibility index (Phi) is 10.3. The SMILES string of the molecule is CCNC(=NCC(C)(C)S(C)(=O)=O)N1CCC(CC(=O)NC)CC1.I. The lowest BCUT2D eigenvalue weighted by molar-refractivity contribution is -0.121. The summed E-state index contributed by atoms with van der Waals surface area (Å²) in [4.78, 5) is 18.2. The number of nitrogens with one attached hydrogen (secondary N) is 2. The van der Waals surface area contributed by atoms with Gasteiger partial charge < -0.3 is 15.5 Å². The van der Waals surface area contributed by atoms with E-state index in [4.69, 9.17) is 0 Å². The molecule has 9 heteroatoms. The summed E-state index contributed by atoms with van der Waals surface area (Å²) in [5.41, 5.74) is 0. The van der Waals surface area contributed by atoms with Crippen molar-refractivity contribution in [1.29, 1.82) is 0 Å². The molecule has 0 spiro atoms. The first-order valence-corrected chi connectivity index (χ1v) is 10.4. The molecule has 1 fully saturated rings. The number of rotatable bonds is 6. The highest BCUT2D eigenvalue weighted by atomic mass is 127. The molecule has 1 heterocycles. The van der Waals surface area contributed by atoms with Crippen molar-refractivity contribution < 1.29 is 13.2 Å². The molecule has 1 rings (SSSR count). The van der Waals surface area contributed by atoms with Crippen LogP contribution in [0.3, 0.4) is 0 Å². The monoisotopic (exact) mass is 488 g/mol. The lowest BCUT2D eigenvalue weighted by Crippen LogP contribution is -2.47. The number of piperidine rings is 1. The topological polar surface area (TPSA) is 90.9 Å². The second-order valence-corrected chi connectivity index (χ2v) is 9.66. The third-order valence-corrected chi connectivity index (χ3v) is 6.75. The van der Waals surface area contributed by atoms with Crippen LogP contribution in [-0.2, 0) is 14.6 Å². The maximum absolute atomic E-state index is 11.8. The van der Waals surface area contributed by atoms with Crippen molar-refractivity contribution in [2.45, 2.75) is 44.8 Å². The number of carbonyl (C=O) groups is 1. The van der Waals surface area contributed by atoms with Gasteiger partial charge in [0.15, 0.2) is 15.8 Å². The van der Waals surface area contributed by atoms with E-state index in [0.717, 1.165) is 38.4 Å². The van der Waals surface area contributed by atoms with Gasteiger partial charge in [0, 0.05) is 39.4 Å². The highest BCUT2D eigenvalue weighted by Gasteiger charge is 2.30. The van der Waals surface area contributed by atoms with Crippen LogP contribution in [0, 0.1) is 5.92 Å². The average Bonchev–Trinajstić information content (AvgIpc) is 2.51. The van der Waals surface area contributed by atoms with Crippen molar-refractivity contribution in [1.82, 2.24) is 15.5 Å². The Morgan fingerprint density at radius 2 is 1.84 bits per heavy atom. The van der Waals surface area contributed by atoms with Crippen molar-refractivity contribution in [3.05, 3.63) is 0 Å². The highest BCUT2D eigenvalue weighted by molar-refractivity contribution is 14.0. The molecule has 1 aliphatic heterocycles. The molecule has 0 radical (unpaired) electrons. The summed E-state index contributed by atoms with van der Waals surface area (Å²) in [6, 6.07) is 0. The van der Waals surface area contributed by atoms with Crippen LogP contribution in [0.5, 0.6) is 0 Å². The van der Waals surface area contributed by atoms with E-state index in [1.54, 1.807) is 20.9 Å². The molecule has 0 aliphatic carbocycles. The minimum Gasteiger partial charge on any atom is -0.359 e. The quantitative estimate of drug-likeness (QED) is 0.334. The number of halogens is 1. The van der Waals surface area contributed by atoms with Crippen LogP contribution < -0.4 is 10.6 Å². The van der Waals surface area contributed by atoms with Crippen LogP contribution in [-0.4, -0.2) is 69.4 Å². The Bertz CT molecular complexity index is 556. The molecule has 0 aromatic heterocycles. The molecular formula is C16H33IN4O3S. The van der Waals surface area contributed by atoms with Gasteiger partial charge in [-0.25, -0.2) is 8.42 Å². The second kappa shape index (κ2) is 10.5. The second-order valence-electron chi connectivity index (χ2n) is 7.01. The standard InChI is InChI=1S/C16H32N4O3S.HI/c1-6-18-15(19-12-16(2,3)24(5,22)23)20-9-7-13(8-10-20)11-14(21)17-4;/h13H,6-12H2,1-5H3,(H,17,21)(H,18,19);1H. The number of sulfone groups is 1. The summed E-state index contributed by atoms with van der Waals surface area (Å²) in [7, 11) is -1.50. The van der Waals surface area contributed by atoms with E-state index in [9.17, 15) is 13.2 Å². The molecule has 2 N–H and O–H groups in total. The Morgan fingerprint density at radius 3 is 2.28 bits per heavy atom. The number of hydrogen-bond acceptors (Lipinski definition) is 4. The first-order valence-electron chi connectivity index (χ1n) is 8.54. The molecule has 0 atom stereocenters. The van der Waals surface area contributed by atoms with Crippen LogP contribution in [0.25, 0.3) is 0 Å². The van der Waals surface area contributed by atoms with Gasteiger partial charge in [-0.3, -0.25) is 9.79 Å². The molecular weight excluding hydrogens is 455 g/mol. The molecule has 0 saturated carbocycles. The van der Waals surface area contributed by atoms with Crippen molar-refractivity contribution in [3.8, 4) is 0 Å². The number of likely N-dealkylation sites (tertiary alicyclic amines) is 1. The van der Waals surface area contributed by atoms with Crippen LogP contribution in [0.4, 0.5) is 0 Å². The minimum absolute atomic E-state index is 0. The van der Waals surface area contributed by atoms with E-state index >= 15 is 0 Å². The minimum atomic E-state index is -3.17. The first-order chi connectivity index (χ1) is 11.1. The van der Waals surface area contributed by atoms with Crippen LogP contribution in [0.1, 0.15) is 40.0 Å². The zero-order valence-corrected chi connectivity index (χ0v) is 19.1. The smallest absolute Gasteiger partial charge is 0.220 e. The summed E-state index contributed by atoms with van der Waals surface area (Å²) in [6.45, 7) is 8.01. The average molecular weight is 488 g/mol. The maximum atomic E-state index is 11.8. The lowest BCUT2D eigenvalue weighted by Gasteiger charge is -2.34. The fourth-order valence-electron chi connectivity index (χ4n) is 2.52. The normalized spacial score (nSPS) is 17.0. The Hall–Kier alpha value is -0.580. The third kappa shape index (κ3) is 7.67. The summed E-state index contributed by atoms with van der Waals surface area (Å²) in [6.07, 6.45) is 3.69. The van der Waals surface area contributed by atoms with Crippen molar-refractivity contribution in [3.63, 3.8) is 0 Å². The first kappa shape index (κ1) is 24.4. The van der Waals surface area contributed by atoms with E-state index in [0.29, 0.717) is 12.3 Å². The fourth-order valence-corrected chi connectivity index (χ4v) is 2.82. The Morgan fingerprint density at radius 1 is 1.28 bits per heavy atom. The number of amides is 1. The summed E-state index contributed by atoms with van der Waals surface area (Å²) in [5, 5.41) is 5.92. The largest absolute Gasteiger partial charge is 0.359 e. The number of hydrogen-bond donors (Lipinski definition) is 2. The molecule has 0 bridgehead atoms. The molecule has 0 aromatic carbocycles. The zero-order valence-electron chi connectivity index (χ0n) is 16.0. The lowest BCUT2D eigenvalue weighted by atomic mass is 9.93. The van der Waals surface area contributed by atoms with E-state index in [-0.39, 0.29) is 36.4 Å². The number of nitrogens with zero attached hydrogens (tertiary/aromatic N) is 2. The van der Waals surface area contributed by atoms with Crippen molar-refractivity contribution >= 4 is 45.7 Å². The Labute approximate surface area is 169 Å². The molecule has 0 aromatic rings. The molecule has 1 amide bonds. The maximum Gasteiger partial charge on any atom is 0.220 e. The van der Waals surface area contributed by atoms with E-state index < -0.39 is 14.6 Å². The number of aliphatic imine (C=N–C) groups is 1. The number of carbonyl (C=O) groups excluding carboxylic acids is 1. The predicted octanol–water partition coefficient (Wildman–Crippen LogP) is 1.24. The summed E-state index contributed by atoms with van der Waals surface area (Å²) < 4.78 is 22.8. The van der Waals surface area contributed by atoms with Gasteiger partial charge in [-0.2, -0.15) is 0 Å². The van der Waals surface area contributed by atoms with Crippen molar-refractivity contribution in [2.24, 2.45) is 10.9 Å². The van der Waals surface area contributed by atoms with E-state index in [1.165, 1.54) is 6.26 Å². The van der Waals surface area contributed by atoms with Gasteiger partial charge in [0.05, 0.1) is 11.3 Å². The van der Waals surface area contributed by atoms with Gasteiger partial charge in [0.25, 0.3) is 0 Å². The number of guanidine groups is 1. The van der Waals surface area contributed by atoms with Crippen LogP contribution >= 0.6 is 24.0 Å². The summed E-state index contributed by atoms with van der Waals surface area (Å²) >= 11 is 0. The van der Waals surface area contributed by atoms with Gasteiger partial charge in [-0.15, -0.1) is 24.0 Å². The van der Waals surface area contributed by atoms with Gasteiger partial charge in [0.1, 0.15) is 0 Å². The molecule has 1 saturated heterocycles. The molecule has 25 heavy (non-hydrogen) atoms.